The topological polar surface area (TPSA) is 101 Å². The fraction of sp³-hybridized carbons (Fsp3) is 0.200. The number of aromatic nitrogens is 3. The van der Waals surface area contributed by atoms with Crippen LogP contribution in [0.5, 0.6) is 0 Å². The van der Waals surface area contributed by atoms with Crippen LogP contribution in [0.1, 0.15) is 19.8 Å². The fourth-order valence-electron chi connectivity index (χ4n) is 2.70. The van der Waals surface area contributed by atoms with Crippen LogP contribution in [0.25, 0.3) is 5.69 Å². The Kier molecular flexibility index (Phi) is 7.26. The first-order valence-corrected chi connectivity index (χ1v) is 9.99. The molecule has 3 aromatic rings. The Morgan fingerprint density at radius 3 is 2.60 bits per heavy atom. The molecule has 8 nitrogen and oxygen atoms in total. The molecule has 0 aliphatic carbocycles. The van der Waals surface area contributed by atoms with E-state index in [9.17, 15) is 9.59 Å². The second-order valence-corrected chi connectivity index (χ2v) is 7.24. The Bertz CT molecular complexity index is 1040. The first kappa shape index (κ1) is 21.6. The van der Waals surface area contributed by atoms with Crippen molar-refractivity contribution in [2.75, 3.05) is 22.5 Å². The zero-order chi connectivity index (χ0) is 21.5. The smallest absolute Gasteiger partial charge is 0.243 e. The van der Waals surface area contributed by atoms with Gasteiger partial charge in [-0.05, 0) is 42.8 Å². The summed E-state index contributed by atoms with van der Waals surface area (Å²) in [5.41, 5.74) is 2.25. The lowest BCUT2D eigenvalue weighted by molar-refractivity contribution is -0.116. The summed E-state index contributed by atoms with van der Waals surface area (Å²) in [5.74, 6) is -0.389. The monoisotopic (exact) mass is 446 g/mol. The number of carbonyl (C=O) groups is 2. The molecule has 156 valence electrons. The van der Waals surface area contributed by atoms with Crippen LogP contribution in [-0.2, 0) is 9.59 Å². The molecule has 2 aromatic carbocycles. The third-order valence-electron chi connectivity index (χ3n) is 4.06. The van der Waals surface area contributed by atoms with E-state index >= 15 is 0 Å². The van der Waals surface area contributed by atoms with Gasteiger partial charge in [-0.3, -0.25) is 9.59 Å². The van der Waals surface area contributed by atoms with Crippen molar-refractivity contribution in [2.45, 2.75) is 19.8 Å². The molecule has 3 N–H and O–H groups in total. The van der Waals surface area contributed by atoms with Gasteiger partial charge in [-0.25, -0.2) is 9.67 Å². The maximum Gasteiger partial charge on any atom is 0.243 e. The summed E-state index contributed by atoms with van der Waals surface area (Å²) in [7, 11) is 0. The number of carbonyl (C=O) groups excluding carboxylic acids is 2. The summed E-state index contributed by atoms with van der Waals surface area (Å²) in [5, 5.41) is 13.6. The number of halogens is 2. The number of rotatable bonds is 8. The van der Waals surface area contributed by atoms with E-state index < -0.39 is 0 Å². The van der Waals surface area contributed by atoms with Crippen LogP contribution in [0.3, 0.4) is 0 Å². The Labute approximate surface area is 183 Å². The molecule has 3 rings (SSSR count). The molecular formula is C20H20Cl2N6O2. The van der Waals surface area contributed by atoms with Crippen LogP contribution in [0.2, 0.25) is 10.0 Å². The van der Waals surface area contributed by atoms with Gasteiger partial charge >= 0.3 is 0 Å². The maximum absolute atomic E-state index is 12.5. The molecule has 0 saturated heterocycles. The minimum atomic E-state index is -0.310. The number of hydrogen-bond acceptors (Lipinski definition) is 5. The molecule has 30 heavy (non-hydrogen) atoms. The van der Waals surface area contributed by atoms with Crippen LogP contribution in [0.4, 0.5) is 17.1 Å². The van der Waals surface area contributed by atoms with Crippen molar-refractivity contribution in [2.24, 2.45) is 0 Å². The number of benzene rings is 2. The van der Waals surface area contributed by atoms with Gasteiger partial charge in [0.2, 0.25) is 11.8 Å². The molecule has 0 atom stereocenters. The van der Waals surface area contributed by atoms with Crippen molar-refractivity contribution in [3.05, 3.63) is 59.1 Å². The van der Waals surface area contributed by atoms with Crippen molar-refractivity contribution in [3.8, 4) is 5.69 Å². The van der Waals surface area contributed by atoms with Gasteiger partial charge in [0.05, 0.1) is 28.6 Å². The van der Waals surface area contributed by atoms with E-state index in [0.717, 1.165) is 6.42 Å². The highest BCUT2D eigenvalue weighted by atomic mass is 35.5. The average molecular weight is 447 g/mol. The third-order valence-corrected chi connectivity index (χ3v) is 4.63. The van der Waals surface area contributed by atoms with Crippen molar-refractivity contribution in [3.63, 3.8) is 0 Å². The first-order chi connectivity index (χ1) is 14.5. The Balaban J connectivity index is 1.67. The SMILES string of the molecule is CCCC(=O)Nc1ccc(Cl)c(NCC(=O)Nc2cc(Cl)ccc2-n2cncn2)c1. The van der Waals surface area contributed by atoms with Gasteiger partial charge in [0.1, 0.15) is 12.7 Å². The van der Waals surface area contributed by atoms with Crippen LogP contribution in [0, 0.1) is 0 Å². The van der Waals surface area contributed by atoms with E-state index in [2.05, 4.69) is 26.0 Å². The van der Waals surface area contributed by atoms with Crippen molar-refractivity contribution in [1.82, 2.24) is 14.8 Å². The number of anilines is 3. The Morgan fingerprint density at radius 2 is 1.87 bits per heavy atom. The van der Waals surface area contributed by atoms with Gasteiger partial charge in [0, 0.05) is 17.1 Å². The molecule has 10 heteroatoms. The van der Waals surface area contributed by atoms with E-state index in [1.807, 2.05) is 6.92 Å². The molecular weight excluding hydrogens is 427 g/mol. The lowest BCUT2D eigenvalue weighted by Crippen LogP contribution is -2.23. The van der Waals surface area contributed by atoms with E-state index in [4.69, 9.17) is 23.2 Å². The summed E-state index contributed by atoms with van der Waals surface area (Å²) < 4.78 is 1.53. The van der Waals surface area contributed by atoms with E-state index in [0.29, 0.717) is 39.2 Å². The molecule has 0 radical (unpaired) electrons. The summed E-state index contributed by atoms with van der Waals surface area (Å²) in [4.78, 5) is 28.2. The normalized spacial score (nSPS) is 10.5. The number of nitrogens with zero attached hydrogens (tertiary/aromatic N) is 3. The highest BCUT2D eigenvalue weighted by molar-refractivity contribution is 6.33. The number of amides is 2. The second-order valence-electron chi connectivity index (χ2n) is 6.40. The lowest BCUT2D eigenvalue weighted by atomic mass is 10.2. The molecule has 1 aromatic heterocycles. The van der Waals surface area contributed by atoms with Crippen LogP contribution in [0.15, 0.2) is 49.1 Å². The second kappa shape index (κ2) is 10.1. The summed E-state index contributed by atoms with van der Waals surface area (Å²) in [6, 6.07) is 10.1. The molecule has 0 saturated carbocycles. The molecule has 0 fully saturated rings. The summed E-state index contributed by atoms with van der Waals surface area (Å²) in [6.07, 6.45) is 4.11. The number of nitrogens with one attached hydrogen (secondary N) is 3. The Morgan fingerprint density at radius 1 is 1.03 bits per heavy atom. The molecule has 1 heterocycles. The highest BCUT2D eigenvalue weighted by Gasteiger charge is 2.11. The van der Waals surface area contributed by atoms with Crippen LogP contribution in [-0.4, -0.2) is 33.1 Å². The molecule has 0 unspecified atom stereocenters. The van der Waals surface area contributed by atoms with Gasteiger partial charge in [-0.1, -0.05) is 30.1 Å². The van der Waals surface area contributed by atoms with E-state index in [-0.39, 0.29) is 18.4 Å². The molecule has 0 aliphatic rings. The van der Waals surface area contributed by atoms with Crippen LogP contribution >= 0.6 is 23.2 Å². The van der Waals surface area contributed by atoms with Gasteiger partial charge in [-0.2, -0.15) is 5.10 Å². The van der Waals surface area contributed by atoms with Gasteiger partial charge in [0.25, 0.3) is 0 Å². The van der Waals surface area contributed by atoms with E-state index in [1.54, 1.807) is 36.4 Å². The predicted molar refractivity (Wildman–Crippen MR) is 118 cm³/mol. The third kappa shape index (κ3) is 5.71. The zero-order valence-electron chi connectivity index (χ0n) is 16.2. The molecule has 0 aliphatic heterocycles. The zero-order valence-corrected chi connectivity index (χ0v) is 17.7. The van der Waals surface area contributed by atoms with E-state index in [1.165, 1.54) is 17.3 Å². The Hall–Kier alpha value is -3.10. The molecule has 0 bridgehead atoms. The van der Waals surface area contributed by atoms with Gasteiger partial charge in [0.15, 0.2) is 0 Å². The van der Waals surface area contributed by atoms with Gasteiger partial charge < -0.3 is 16.0 Å². The first-order valence-electron chi connectivity index (χ1n) is 9.24. The van der Waals surface area contributed by atoms with Crippen molar-refractivity contribution >= 4 is 52.1 Å². The average Bonchev–Trinajstić information content (AvgIpc) is 3.23. The fourth-order valence-corrected chi connectivity index (χ4v) is 3.06. The lowest BCUT2D eigenvalue weighted by Gasteiger charge is -2.13. The predicted octanol–water partition coefficient (Wildman–Crippen LogP) is 4.36. The van der Waals surface area contributed by atoms with Gasteiger partial charge in [-0.15, -0.1) is 0 Å². The minimum Gasteiger partial charge on any atom is -0.375 e. The maximum atomic E-state index is 12.5. The standard InChI is InChI=1S/C20H20Cl2N6O2/c1-2-3-19(29)26-14-5-6-15(22)16(9-14)24-10-20(30)27-17-8-13(21)4-7-18(17)28-12-23-11-25-28/h4-9,11-12,24H,2-3,10H2,1H3,(H,26,29)(H,27,30). The van der Waals surface area contributed by atoms with Crippen molar-refractivity contribution < 1.29 is 9.59 Å². The largest absolute Gasteiger partial charge is 0.375 e. The van der Waals surface area contributed by atoms with Crippen molar-refractivity contribution in [1.29, 1.82) is 0 Å². The minimum absolute atomic E-state index is 0.0462. The summed E-state index contributed by atoms with van der Waals surface area (Å²) in [6.45, 7) is 1.89. The summed E-state index contributed by atoms with van der Waals surface area (Å²) >= 11 is 12.3. The highest BCUT2D eigenvalue weighted by Crippen LogP contribution is 2.26. The quantitative estimate of drug-likeness (QED) is 0.476. The molecule has 0 spiro atoms. The van der Waals surface area contributed by atoms with Crippen LogP contribution < -0.4 is 16.0 Å². The molecule has 2 amide bonds. The number of hydrogen-bond donors (Lipinski definition) is 3.